The summed E-state index contributed by atoms with van der Waals surface area (Å²) < 4.78 is 11.1. The van der Waals surface area contributed by atoms with Crippen LogP contribution in [-0.2, 0) is 4.74 Å². The smallest absolute Gasteiger partial charge is 0.337 e. The van der Waals surface area contributed by atoms with Crippen LogP contribution in [0.5, 0.6) is 5.75 Å². The number of furan rings is 1. The summed E-state index contributed by atoms with van der Waals surface area (Å²) in [6.07, 6.45) is 1.73. The second-order valence-electron chi connectivity index (χ2n) is 7.76. The molecule has 2 atom stereocenters. The van der Waals surface area contributed by atoms with E-state index in [4.69, 9.17) is 21.4 Å². The van der Waals surface area contributed by atoms with E-state index in [-0.39, 0.29) is 11.8 Å². The predicted molar refractivity (Wildman–Crippen MR) is 132 cm³/mol. The second kappa shape index (κ2) is 8.99. The molecule has 0 aliphatic carbocycles. The van der Waals surface area contributed by atoms with Crippen molar-refractivity contribution in [1.29, 1.82) is 0 Å². The number of para-hydroxylation sites is 2. The van der Waals surface area contributed by atoms with Gasteiger partial charge in [0.2, 0.25) is 0 Å². The number of hydrogen-bond acceptors (Lipinski definition) is 6. The number of aromatic hydroxyl groups is 1. The molecule has 1 aliphatic heterocycles. The van der Waals surface area contributed by atoms with E-state index in [0.717, 1.165) is 11.3 Å². The molecule has 0 bridgehead atoms. The number of nitrogens with zero attached hydrogens (tertiary/aromatic N) is 2. The number of nitrogens with one attached hydrogen (secondary N) is 1. The van der Waals surface area contributed by atoms with Crippen molar-refractivity contribution < 1.29 is 19.1 Å². The Labute approximate surface area is 201 Å². The summed E-state index contributed by atoms with van der Waals surface area (Å²) in [5.41, 5.74) is 2.65. The summed E-state index contributed by atoms with van der Waals surface area (Å²) in [6.45, 7) is 0. The van der Waals surface area contributed by atoms with Gasteiger partial charge in [0.25, 0.3) is 0 Å². The molecule has 8 heteroatoms. The van der Waals surface area contributed by atoms with Crippen LogP contribution in [0.25, 0.3) is 11.3 Å². The molecule has 2 N–H and O–H groups in total. The minimum absolute atomic E-state index is 0.114. The van der Waals surface area contributed by atoms with Crippen LogP contribution < -0.4 is 10.2 Å². The highest BCUT2D eigenvalue weighted by Crippen LogP contribution is 2.45. The van der Waals surface area contributed by atoms with Crippen molar-refractivity contribution in [2.24, 2.45) is 0 Å². The maximum absolute atomic E-state index is 11.7. The lowest BCUT2D eigenvalue weighted by Gasteiger charge is -2.26. The normalized spacial score (nSPS) is 17.4. The first-order chi connectivity index (χ1) is 16.6. The van der Waals surface area contributed by atoms with Crippen LogP contribution in [0.4, 0.5) is 5.69 Å². The van der Waals surface area contributed by atoms with Gasteiger partial charge in [-0.1, -0.05) is 30.3 Å². The number of esters is 1. The molecule has 0 saturated carbocycles. The summed E-state index contributed by atoms with van der Waals surface area (Å²) in [5, 5.41) is 14.4. The maximum atomic E-state index is 11.7. The van der Waals surface area contributed by atoms with Crippen molar-refractivity contribution in [3.05, 3.63) is 102 Å². The number of methoxy groups -OCH3 is 1. The summed E-state index contributed by atoms with van der Waals surface area (Å²) in [6, 6.07) is 22.8. The highest BCUT2D eigenvalue weighted by Gasteiger charge is 2.43. The highest BCUT2D eigenvalue weighted by atomic mass is 32.1. The molecule has 0 radical (unpaired) electrons. The molecule has 0 amide bonds. The van der Waals surface area contributed by atoms with E-state index < -0.39 is 12.0 Å². The quantitative estimate of drug-likeness (QED) is 0.310. The minimum atomic E-state index is -0.395. The lowest BCUT2D eigenvalue weighted by molar-refractivity contribution is 0.0600. The van der Waals surface area contributed by atoms with Crippen LogP contribution in [0.3, 0.4) is 0 Å². The van der Waals surface area contributed by atoms with Crippen LogP contribution in [0.1, 0.15) is 33.9 Å². The lowest BCUT2D eigenvalue weighted by Crippen LogP contribution is -2.29. The number of hydrogen-bond donors (Lipinski definition) is 2. The van der Waals surface area contributed by atoms with Crippen molar-refractivity contribution in [2.75, 3.05) is 12.0 Å². The van der Waals surface area contributed by atoms with E-state index in [0.29, 0.717) is 27.9 Å². The van der Waals surface area contributed by atoms with E-state index in [9.17, 15) is 9.90 Å². The number of carbonyl (C=O) groups is 1. The van der Waals surface area contributed by atoms with Gasteiger partial charge in [0.15, 0.2) is 5.11 Å². The van der Waals surface area contributed by atoms with Crippen LogP contribution in [-0.4, -0.2) is 28.3 Å². The molecule has 0 spiro atoms. The van der Waals surface area contributed by atoms with Crippen LogP contribution >= 0.6 is 12.2 Å². The monoisotopic (exact) mass is 471 g/mol. The summed E-state index contributed by atoms with van der Waals surface area (Å²) >= 11 is 5.68. The molecule has 0 unspecified atom stereocenters. The predicted octanol–water partition coefficient (Wildman–Crippen LogP) is 5.01. The number of rotatable bonds is 5. The van der Waals surface area contributed by atoms with Gasteiger partial charge in [-0.15, -0.1) is 0 Å². The number of pyridine rings is 1. The second-order valence-corrected chi connectivity index (χ2v) is 8.14. The van der Waals surface area contributed by atoms with E-state index in [1.165, 1.54) is 7.11 Å². The van der Waals surface area contributed by atoms with E-state index in [2.05, 4.69) is 10.3 Å². The molecule has 4 aromatic rings. The molecule has 2 aromatic carbocycles. The zero-order chi connectivity index (χ0) is 23.7. The Morgan fingerprint density at radius 2 is 1.82 bits per heavy atom. The highest BCUT2D eigenvalue weighted by molar-refractivity contribution is 7.80. The zero-order valence-electron chi connectivity index (χ0n) is 18.2. The van der Waals surface area contributed by atoms with Gasteiger partial charge >= 0.3 is 5.97 Å². The Morgan fingerprint density at radius 1 is 1.06 bits per heavy atom. The van der Waals surface area contributed by atoms with Gasteiger partial charge in [-0.05, 0) is 60.7 Å². The van der Waals surface area contributed by atoms with Crippen LogP contribution in [0, 0.1) is 0 Å². The van der Waals surface area contributed by atoms with Crippen LogP contribution in [0.15, 0.2) is 89.5 Å². The molecule has 34 heavy (non-hydrogen) atoms. The average Bonchev–Trinajstić information content (AvgIpc) is 3.49. The Balaban J connectivity index is 1.56. The van der Waals surface area contributed by atoms with E-state index >= 15 is 0 Å². The Morgan fingerprint density at radius 3 is 2.53 bits per heavy atom. The Bertz CT molecular complexity index is 1340. The number of benzene rings is 2. The Hall–Kier alpha value is -4.17. The first kappa shape index (κ1) is 21.7. The van der Waals surface area contributed by atoms with Gasteiger partial charge in [0.1, 0.15) is 23.3 Å². The van der Waals surface area contributed by atoms with Crippen LogP contribution in [0.2, 0.25) is 0 Å². The standard InChI is InChI=1S/C26H21N3O4S/c1-32-25(31)17-11-9-16(10-12-17)21-13-14-22(33-21)24-23(18-6-4-5-15-27-18)28-26(34)29(24)19-7-2-3-8-20(19)30/h2-15,23-24,30H,1H3,(H,28,34)/t23-,24-/m0/s1. The molecule has 1 fully saturated rings. The SMILES string of the molecule is COC(=O)c1ccc(-c2ccc([C@H]3[C@H](c4ccccn4)NC(=S)N3c3ccccc3O)o2)cc1. The van der Waals surface area contributed by atoms with Crippen molar-refractivity contribution in [3.8, 4) is 17.1 Å². The number of anilines is 1. The number of aromatic nitrogens is 1. The van der Waals surface area contributed by atoms with Gasteiger partial charge < -0.3 is 24.5 Å². The third-order valence-electron chi connectivity index (χ3n) is 5.75. The largest absolute Gasteiger partial charge is 0.506 e. The fourth-order valence-corrected chi connectivity index (χ4v) is 4.47. The van der Waals surface area contributed by atoms with Crippen molar-refractivity contribution >= 4 is 29.0 Å². The molecule has 3 heterocycles. The lowest BCUT2D eigenvalue weighted by atomic mass is 10.0. The number of carbonyl (C=O) groups excluding carboxylic acids is 1. The maximum Gasteiger partial charge on any atom is 0.337 e. The van der Waals surface area contributed by atoms with E-state index in [1.807, 2.05) is 59.5 Å². The van der Waals surface area contributed by atoms with Gasteiger partial charge in [-0.25, -0.2) is 4.79 Å². The molecule has 2 aromatic heterocycles. The number of phenols is 1. The Kier molecular flexibility index (Phi) is 5.73. The van der Waals surface area contributed by atoms with Crippen molar-refractivity contribution in [2.45, 2.75) is 12.1 Å². The first-order valence-corrected chi connectivity index (χ1v) is 11.0. The van der Waals surface area contributed by atoms with Gasteiger partial charge in [0.05, 0.1) is 30.1 Å². The topological polar surface area (TPSA) is 87.8 Å². The summed E-state index contributed by atoms with van der Waals surface area (Å²) in [7, 11) is 1.35. The number of phenolic OH excluding ortho intramolecular Hbond substituents is 1. The van der Waals surface area contributed by atoms with E-state index in [1.54, 1.807) is 30.5 Å². The first-order valence-electron chi connectivity index (χ1n) is 10.6. The van der Waals surface area contributed by atoms with Crippen molar-refractivity contribution in [1.82, 2.24) is 10.3 Å². The molecular weight excluding hydrogens is 450 g/mol. The van der Waals surface area contributed by atoms with Gasteiger partial charge in [0, 0.05) is 11.8 Å². The van der Waals surface area contributed by atoms with Gasteiger partial charge in [-0.3, -0.25) is 4.98 Å². The fourth-order valence-electron chi connectivity index (χ4n) is 4.13. The van der Waals surface area contributed by atoms with Gasteiger partial charge in [-0.2, -0.15) is 0 Å². The minimum Gasteiger partial charge on any atom is -0.506 e. The third kappa shape index (κ3) is 3.88. The molecule has 5 rings (SSSR count). The fraction of sp³-hybridized carbons (Fsp3) is 0.115. The molecule has 1 aliphatic rings. The number of ether oxygens (including phenoxy) is 1. The molecular formula is C26H21N3O4S. The summed E-state index contributed by atoms with van der Waals surface area (Å²) in [4.78, 5) is 18.1. The number of thiocarbonyl (C=S) groups is 1. The third-order valence-corrected chi connectivity index (χ3v) is 6.06. The zero-order valence-corrected chi connectivity index (χ0v) is 19.0. The molecule has 7 nitrogen and oxygen atoms in total. The molecule has 170 valence electrons. The molecule has 1 saturated heterocycles. The average molecular weight is 472 g/mol. The summed E-state index contributed by atoms with van der Waals surface area (Å²) in [5.74, 6) is 1.01. The van der Waals surface area contributed by atoms with Crippen molar-refractivity contribution in [3.63, 3.8) is 0 Å².